The molecule has 33 valence electrons. The first-order chi connectivity index (χ1) is 2.77. The van der Waals surface area contributed by atoms with E-state index in [1.165, 1.54) is 0 Å². The van der Waals surface area contributed by atoms with E-state index < -0.39 is 9.17 Å². The van der Waals surface area contributed by atoms with E-state index in [4.69, 9.17) is 4.80 Å². The molecule has 0 aliphatic rings. The molecule has 0 aliphatic carbocycles. The molecule has 0 fully saturated rings. The first-order valence-electron chi connectivity index (χ1n) is 1.00. The van der Waals surface area contributed by atoms with Crippen LogP contribution in [0.3, 0.4) is 0 Å². The molecular formula is HHfO4Si. The number of hydrogen-bond donors (Lipinski definition) is 1. The Morgan fingerprint density at radius 3 is 2.33 bits per heavy atom. The SMILES string of the molecule is O=[Si](O)O[O][Hf]. The van der Waals surface area contributed by atoms with E-state index in [2.05, 4.69) is 7.58 Å². The van der Waals surface area contributed by atoms with Gasteiger partial charge in [-0.1, -0.05) is 0 Å². The molecule has 6 heteroatoms. The summed E-state index contributed by atoms with van der Waals surface area (Å²) in [7, 11) is -2.82. The van der Waals surface area contributed by atoms with Crippen LogP contribution in [0.2, 0.25) is 0 Å². The maximum atomic E-state index is 9.46. The summed E-state index contributed by atoms with van der Waals surface area (Å²) in [6, 6.07) is 0. The summed E-state index contributed by atoms with van der Waals surface area (Å²) in [5.41, 5.74) is 0. The van der Waals surface area contributed by atoms with Crippen molar-refractivity contribution >= 4 is 9.17 Å². The van der Waals surface area contributed by atoms with Gasteiger partial charge in [-0.05, 0) is 0 Å². The first-order valence-corrected chi connectivity index (χ1v) is 3.73. The Morgan fingerprint density at radius 2 is 2.33 bits per heavy atom. The molecule has 0 rings (SSSR count). The molecule has 0 aliphatic heterocycles. The summed E-state index contributed by atoms with van der Waals surface area (Å²) in [6.45, 7) is 0. The van der Waals surface area contributed by atoms with Crippen molar-refractivity contribution in [2.75, 3.05) is 0 Å². The Morgan fingerprint density at radius 1 is 1.83 bits per heavy atom. The monoisotopic (exact) mass is 273 g/mol. The van der Waals surface area contributed by atoms with E-state index in [0.29, 0.717) is 24.8 Å². The third-order valence-corrected chi connectivity index (χ3v) is 1.24. The Kier molecular flexibility index (Phi) is 3.90. The maximum absolute atomic E-state index is 9.46. The van der Waals surface area contributed by atoms with E-state index in [1.807, 2.05) is 0 Å². The van der Waals surface area contributed by atoms with Gasteiger partial charge in [-0.3, -0.25) is 0 Å². The zero-order valence-electron chi connectivity index (χ0n) is 2.67. The summed E-state index contributed by atoms with van der Waals surface area (Å²) in [4.78, 5) is 7.77. The molecule has 0 spiro atoms. The fraction of sp³-hybridized carbons (Fsp3) is 0. The zero-order chi connectivity index (χ0) is 4.99. The van der Waals surface area contributed by atoms with Crippen LogP contribution in [-0.4, -0.2) is 14.0 Å². The zero-order valence-corrected chi connectivity index (χ0v) is 7.26. The molecular weight excluding hydrogens is 271 g/mol. The van der Waals surface area contributed by atoms with Crippen molar-refractivity contribution < 1.29 is 41.7 Å². The third kappa shape index (κ3) is 4.45. The number of hydrogen-bond acceptors (Lipinski definition) is 3. The second kappa shape index (κ2) is 3.63. The Balaban J connectivity index is 2.83. The topological polar surface area (TPSA) is 55.8 Å². The molecule has 0 aromatic carbocycles. The van der Waals surface area contributed by atoms with E-state index in [0.717, 1.165) is 0 Å². The first kappa shape index (κ1) is 6.45. The van der Waals surface area contributed by atoms with Gasteiger partial charge in [-0.15, -0.1) is 0 Å². The van der Waals surface area contributed by atoms with Crippen LogP contribution in [0, 0.1) is 0 Å². The van der Waals surface area contributed by atoms with Crippen molar-refractivity contribution in [2.45, 2.75) is 0 Å². The van der Waals surface area contributed by atoms with Crippen molar-refractivity contribution in [1.82, 2.24) is 0 Å². The third-order valence-electron chi connectivity index (χ3n) is 0.113. The van der Waals surface area contributed by atoms with Gasteiger partial charge in [0, 0.05) is 0 Å². The van der Waals surface area contributed by atoms with Crippen LogP contribution >= 0.6 is 0 Å². The molecule has 6 heavy (non-hydrogen) atoms. The van der Waals surface area contributed by atoms with Crippen LogP contribution in [0.5, 0.6) is 0 Å². The molecule has 0 bridgehead atoms. The van der Waals surface area contributed by atoms with Gasteiger partial charge in [0.1, 0.15) is 0 Å². The van der Waals surface area contributed by atoms with E-state index in [-0.39, 0.29) is 0 Å². The molecule has 0 radical (unpaired) electrons. The quantitative estimate of drug-likeness (QED) is 0.390. The molecule has 0 amide bonds. The number of rotatable bonds is 2. The Labute approximate surface area is 51.1 Å². The second-order valence-corrected chi connectivity index (χ2v) is 1.73. The summed E-state index contributed by atoms with van der Waals surface area (Å²) >= 11 is 0.330. The van der Waals surface area contributed by atoms with Crippen LogP contribution < -0.4 is 0 Å². The summed E-state index contributed by atoms with van der Waals surface area (Å²) in [5.74, 6) is 0. The Bertz CT molecular complexity index is 51.5. The van der Waals surface area contributed by atoms with Gasteiger partial charge >= 0.3 is 50.8 Å². The van der Waals surface area contributed by atoms with Gasteiger partial charge in [-0.25, -0.2) is 0 Å². The van der Waals surface area contributed by atoms with E-state index in [1.54, 1.807) is 0 Å². The molecule has 0 saturated heterocycles. The van der Waals surface area contributed by atoms with Gasteiger partial charge in [0.25, 0.3) is 0 Å². The standard InChI is InChI=1S/Hf.H2O4Si/c;1-4-5(2)3/h;1-2H/q+1;/p-1. The van der Waals surface area contributed by atoms with Gasteiger partial charge in [-0.2, -0.15) is 0 Å². The Hall–Kier alpha value is 0.447. The van der Waals surface area contributed by atoms with E-state index in [9.17, 15) is 4.46 Å². The molecule has 0 aromatic heterocycles. The molecule has 0 saturated carbocycles. The average molecular weight is 272 g/mol. The van der Waals surface area contributed by atoms with Crippen LogP contribution in [0.15, 0.2) is 0 Å². The molecule has 0 atom stereocenters. The van der Waals surface area contributed by atoms with Gasteiger partial charge in [0.05, 0.1) is 0 Å². The molecule has 0 unspecified atom stereocenters. The molecule has 4 nitrogen and oxygen atoms in total. The molecule has 1 N–H and O–H groups in total. The van der Waals surface area contributed by atoms with Crippen molar-refractivity contribution in [1.29, 1.82) is 0 Å². The average Bonchev–Trinajstić information content (AvgIpc) is 1.35. The van der Waals surface area contributed by atoms with Gasteiger partial charge in [0.2, 0.25) is 0 Å². The predicted molar refractivity (Wildman–Crippen MR) is 10.8 cm³/mol. The van der Waals surface area contributed by atoms with Crippen LogP contribution in [0.25, 0.3) is 0 Å². The van der Waals surface area contributed by atoms with Crippen molar-refractivity contribution in [2.24, 2.45) is 0 Å². The second-order valence-electron chi connectivity index (χ2n) is 0.433. The fourth-order valence-corrected chi connectivity index (χ4v) is 0.875. The van der Waals surface area contributed by atoms with Crippen molar-refractivity contribution in [3.63, 3.8) is 0 Å². The minimum atomic E-state index is -2.82. The summed E-state index contributed by atoms with van der Waals surface area (Å²) in [6.07, 6.45) is 0. The van der Waals surface area contributed by atoms with Crippen LogP contribution in [-0.2, 0) is 36.9 Å². The minimum absolute atomic E-state index is 0.330. The van der Waals surface area contributed by atoms with Gasteiger partial charge < -0.3 is 0 Å². The van der Waals surface area contributed by atoms with Crippen LogP contribution in [0.1, 0.15) is 0 Å². The fourth-order valence-electron chi connectivity index (χ4n) is 0.0356. The normalized spacial score (nSPS) is 7.17. The molecule has 0 heterocycles. The van der Waals surface area contributed by atoms with Crippen molar-refractivity contribution in [3.8, 4) is 0 Å². The van der Waals surface area contributed by atoms with Crippen molar-refractivity contribution in [3.05, 3.63) is 0 Å². The molecule has 0 aromatic rings. The van der Waals surface area contributed by atoms with Gasteiger partial charge in [0.15, 0.2) is 0 Å². The van der Waals surface area contributed by atoms with Crippen LogP contribution in [0.4, 0.5) is 0 Å². The van der Waals surface area contributed by atoms with E-state index >= 15 is 0 Å². The summed E-state index contributed by atoms with van der Waals surface area (Å²) in [5, 5.41) is 0. The summed E-state index contributed by atoms with van der Waals surface area (Å²) < 4.78 is 17.1. The predicted octanol–water partition coefficient (Wildman–Crippen LogP) is -1.20.